The van der Waals surface area contributed by atoms with Crippen LogP contribution in [0.3, 0.4) is 0 Å². The highest BCUT2D eigenvalue weighted by Crippen LogP contribution is 2.21. The molecule has 20 heavy (non-hydrogen) atoms. The predicted octanol–water partition coefficient (Wildman–Crippen LogP) is 2.65. The third-order valence-electron chi connectivity index (χ3n) is 3.39. The first kappa shape index (κ1) is 13.6. The number of nitrogens with one attached hydrogen (secondary N) is 1. The van der Waals surface area contributed by atoms with Gasteiger partial charge in [0.1, 0.15) is 5.82 Å². The topological polar surface area (TPSA) is 59.8 Å². The highest BCUT2D eigenvalue weighted by Gasteiger charge is 2.15. The molecule has 2 aromatic rings. The van der Waals surface area contributed by atoms with Crippen LogP contribution in [-0.4, -0.2) is 20.7 Å². The van der Waals surface area contributed by atoms with E-state index >= 15 is 0 Å². The van der Waals surface area contributed by atoms with E-state index in [1.165, 1.54) is 17.8 Å². The maximum absolute atomic E-state index is 12.0. The molecule has 0 aromatic carbocycles. The van der Waals surface area contributed by atoms with Crippen LogP contribution in [0.2, 0.25) is 4.34 Å². The SMILES string of the molecule is O=C(NCc1nnc2n1CCCCC2)c1ccc(Cl)s1. The monoisotopic (exact) mass is 310 g/mol. The second-order valence-electron chi connectivity index (χ2n) is 4.78. The van der Waals surface area contributed by atoms with E-state index in [0.29, 0.717) is 15.8 Å². The van der Waals surface area contributed by atoms with E-state index in [2.05, 4.69) is 20.1 Å². The summed E-state index contributed by atoms with van der Waals surface area (Å²) in [5.74, 6) is 1.75. The molecule has 1 amide bonds. The summed E-state index contributed by atoms with van der Waals surface area (Å²) in [5.41, 5.74) is 0. The number of halogens is 1. The lowest BCUT2D eigenvalue weighted by Crippen LogP contribution is -2.24. The van der Waals surface area contributed by atoms with Crippen LogP contribution in [0.1, 0.15) is 40.6 Å². The maximum Gasteiger partial charge on any atom is 0.261 e. The average molecular weight is 311 g/mol. The lowest BCUT2D eigenvalue weighted by atomic mass is 10.2. The molecule has 0 fully saturated rings. The minimum absolute atomic E-state index is 0.118. The van der Waals surface area contributed by atoms with E-state index in [4.69, 9.17) is 11.6 Å². The van der Waals surface area contributed by atoms with Gasteiger partial charge in [-0.2, -0.15) is 0 Å². The van der Waals surface area contributed by atoms with Crippen LogP contribution in [-0.2, 0) is 19.5 Å². The summed E-state index contributed by atoms with van der Waals surface area (Å²) in [6, 6.07) is 3.46. The summed E-state index contributed by atoms with van der Waals surface area (Å²) in [6.45, 7) is 1.35. The van der Waals surface area contributed by atoms with Crippen molar-refractivity contribution in [3.63, 3.8) is 0 Å². The molecule has 0 saturated heterocycles. The first-order valence-corrected chi connectivity index (χ1v) is 7.88. The minimum Gasteiger partial charge on any atom is -0.344 e. The Morgan fingerprint density at radius 1 is 1.35 bits per heavy atom. The van der Waals surface area contributed by atoms with Gasteiger partial charge < -0.3 is 9.88 Å². The van der Waals surface area contributed by atoms with Crippen LogP contribution in [0.25, 0.3) is 0 Å². The number of amides is 1. The Bertz CT molecular complexity index is 622. The molecule has 3 rings (SSSR count). The number of rotatable bonds is 3. The zero-order valence-electron chi connectivity index (χ0n) is 10.9. The summed E-state index contributed by atoms with van der Waals surface area (Å²) in [5, 5.41) is 11.3. The van der Waals surface area contributed by atoms with E-state index in [1.54, 1.807) is 12.1 Å². The molecule has 106 valence electrons. The number of hydrogen-bond acceptors (Lipinski definition) is 4. The Kier molecular flexibility index (Phi) is 4.03. The second kappa shape index (κ2) is 5.93. The van der Waals surface area contributed by atoms with E-state index in [-0.39, 0.29) is 5.91 Å². The number of fused-ring (bicyclic) bond motifs is 1. The zero-order valence-corrected chi connectivity index (χ0v) is 12.5. The quantitative estimate of drug-likeness (QED) is 0.948. The molecule has 7 heteroatoms. The van der Waals surface area contributed by atoms with E-state index < -0.39 is 0 Å². The third-order valence-corrected chi connectivity index (χ3v) is 4.62. The zero-order chi connectivity index (χ0) is 13.9. The third kappa shape index (κ3) is 2.86. The predicted molar refractivity (Wildman–Crippen MR) is 78.1 cm³/mol. The van der Waals surface area contributed by atoms with E-state index in [1.807, 2.05) is 0 Å². The Balaban J connectivity index is 1.67. The summed E-state index contributed by atoms with van der Waals surface area (Å²) in [7, 11) is 0. The fraction of sp³-hybridized carbons (Fsp3) is 0.462. The smallest absolute Gasteiger partial charge is 0.261 e. The van der Waals surface area contributed by atoms with Gasteiger partial charge in [-0.15, -0.1) is 21.5 Å². The van der Waals surface area contributed by atoms with Gasteiger partial charge in [0.15, 0.2) is 5.82 Å². The highest BCUT2D eigenvalue weighted by molar-refractivity contribution is 7.17. The molecule has 5 nitrogen and oxygen atoms in total. The van der Waals surface area contributed by atoms with Crippen LogP contribution in [0.4, 0.5) is 0 Å². The molecule has 1 aliphatic heterocycles. The van der Waals surface area contributed by atoms with Crippen LogP contribution in [0.15, 0.2) is 12.1 Å². The Morgan fingerprint density at radius 2 is 2.25 bits per heavy atom. The summed E-state index contributed by atoms with van der Waals surface area (Å²) < 4.78 is 2.75. The molecule has 0 saturated carbocycles. The molecule has 0 radical (unpaired) electrons. The van der Waals surface area contributed by atoms with Crippen molar-refractivity contribution in [3.05, 3.63) is 33.0 Å². The van der Waals surface area contributed by atoms with E-state index in [9.17, 15) is 4.79 Å². The van der Waals surface area contributed by atoms with Crippen LogP contribution in [0, 0.1) is 0 Å². The van der Waals surface area contributed by atoms with Crippen molar-refractivity contribution in [2.75, 3.05) is 0 Å². The van der Waals surface area contributed by atoms with Crippen LogP contribution < -0.4 is 5.32 Å². The van der Waals surface area contributed by atoms with Crippen molar-refractivity contribution in [2.45, 2.75) is 38.8 Å². The fourth-order valence-corrected chi connectivity index (χ4v) is 3.32. The number of carbonyl (C=O) groups excluding carboxylic acids is 1. The van der Waals surface area contributed by atoms with Crippen molar-refractivity contribution in [1.82, 2.24) is 20.1 Å². The lowest BCUT2D eigenvalue weighted by molar-refractivity contribution is 0.0953. The largest absolute Gasteiger partial charge is 0.344 e. The van der Waals surface area contributed by atoms with Gasteiger partial charge in [0.05, 0.1) is 15.8 Å². The Labute approximate surface area is 126 Å². The van der Waals surface area contributed by atoms with Crippen molar-refractivity contribution < 1.29 is 4.79 Å². The average Bonchev–Trinajstić information content (AvgIpc) is 2.96. The Morgan fingerprint density at radius 3 is 3.05 bits per heavy atom. The number of aromatic nitrogens is 3. The first-order valence-electron chi connectivity index (χ1n) is 6.68. The number of aryl methyl sites for hydroxylation is 1. The molecule has 3 heterocycles. The van der Waals surface area contributed by atoms with E-state index in [0.717, 1.165) is 37.5 Å². The van der Waals surface area contributed by atoms with Gasteiger partial charge in [0, 0.05) is 13.0 Å². The van der Waals surface area contributed by atoms with Gasteiger partial charge >= 0.3 is 0 Å². The maximum atomic E-state index is 12.0. The molecule has 0 bridgehead atoms. The fourth-order valence-electron chi connectivity index (χ4n) is 2.36. The number of thiophene rings is 1. The number of nitrogens with zero attached hydrogens (tertiary/aromatic N) is 3. The lowest BCUT2D eigenvalue weighted by Gasteiger charge is -2.07. The summed E-state index contributed by atoms with van der Waals surface area (Å²) in [6.07, 6.45) is 4.51. The van der Waals surface area contributed by atoms with Crippen molar-refractivity contribution in [3.8, 4) is 0 Å². The Hall–Kier alpha value is -1.40. The highest BCUT2D eigenvalue weighted by atomic mass is 35.5. The molecular formula is C13H15ClN4OS. The minimum atomic E-state index is -0.118. The van der Waals surface area contributed by atoms with Gasteiger partial charge in [0.25, 0.3) is 5.91 Å². The van der Waals surface area contributed by atoms with Gasteiger partial charge in [-0.3, -0.25) is 4.79 Å². The molecular weight excluding hydrogens is 296 g/mol. The van der Waals surface area contributed by atoms with Crippen molar-refractivity contribution >= 4 is 28.8 Å². The number of hydrogen-bond donors (Lipinski definition) is 1. The molecule has 1 aliphatic rings. The molecule has 0 unspecified atom stereocenters. The normalized spacial score (nSPS) is 14.7. The number of carbonyl (C=O) groups is 1. The van der Waals surface area contributed by atoms with Crippen molar-refractivity contribution in [2.24, 2.45) is 0 Å². The summed E-state index contributed by atoms with van der Waals surface area (Å²) in [4.78, 5) is 12.6. The van der Waals surface area contributed by atoms with Gasteiger partial charge in [0.2, 0.25) is 0 Å². The van der Waals surface area contributed by atoms with Gasteiger partial charge in [-0.05, 0) is 25.0 Å². The van der Waals surface area contributed by atoms with Crippen molar-refractivity contribution in [1.29, 1.82) is 0 Å². The van der Waals surface area contributed by atoms with Crippen LogP contribution in [0.5, 0.6) is 0 Å². The molecule has 2 aromatic heterocycles. The molecule has 0 aliphatic carbocycles. The standard InChI is InChI=1S/C13H15ClN4OS/c14-10-6-5-9(20-10)13(19)15-8-12-17-16-11-4-2-1-3-7-18(11)12/h5-6H,1-4,7-8H2,(H,15,19). The summed E-state index contributed by atoms with van der Waals surface area (Å²) >= 11 is 7.10. The van der Waals surface area contributed by atoms with Gasteiger partial charge in [-0.25, -0.2) is 0 Å². The molecule has 1 N–H and O–H groups in total. The first-order chi connectivity index (χ1) is 9.74. The van der Waals surface area contributed by atoms with Crippen LogP contribution >= 0.6 is 22.9 Å². The second-order valence-corrected chi connectivity index (χ2v) is 6.50. The van der Waals surface area contributed by atoms with Gasteiger partial charge in [-0.1, -0.05) is 18.0 Å². The molecule has 0 atom stereocenters. The molecule has 0 spiro atoms.